The van der Waals surface area contributed by atoms with Crippen LogP contribution in [0.2, 0.25) is 0 Å². The van der Waals surface area contributed by atoms with E-state index in [-0.39, 0.29) is 23.6 Å². The first-order valence-electron chi connectivity index (χ1n) is 10.4. The number of hydrogen-bond acceptors (Lipinski definition) is 5. The van der Waals surface area contributed by atoms with E-state index in [0.29, 0.717) is 18.1 Å². The Bertz CT molecular complexity index is 1040. The Morgan fingerprint density at radius 2 is 1.87 bits per heavy atom. The van der Waals surface area contributed by atoms with Crippen molar-refractivity contribution < 1.29 is 13.9 Å². The number of aryl methyl sites for hydroxylation is 1. The SMILES string of the molecule is COc1ccccc1C(CNC(=O)c1nc(C)n(-c2ccc(F)cc2)n1)N1CCCC1. The molecule has 3 aromatic rings. The molecule has 0 aliphatic carbocycles. The van der Waals surface area contributed by atoms with E-state index in [1.165, 1.54) is 16.8 Å². The van der Waals surface area contributed by atoms with Gasteiger partial charge in [0.1, 0.15) is 17.4 Å². The maximum absolute atomic E-state index is 13.2. The lowest BCUT2D eigenvalue weighted by molar-refractivity contribution is 0.0927. The summed E-state index contributed by atoms with van der Waals surface area (Å²) in [6.45, 7) is 4.14. The summed E-state index contributed by atoms with van der Waals surface area (Å²) >= 11 is 0. The summed E-state index contributed by atoms with van der Waals surface area (Å²) in [5, 5.41) is 7.32. The largest absolute Gasteiger partial charge is 0.496 e. The van der Waals surface area contributed by atoms with Gasteiger partial charge in [-0.2, -0.15) is 0 Å². The fourth-order valence-corrected chi connectivity index (χ4v) is 4.01. The lowest BCUT2D eigenvalue weighted by Crippen LogP contribution is -2.37. The van der Waals surface area contributed by atoms with Crippen LogP contribution in [-0.4, -0.2) is 52.3 Å². The molecular formula is C23H26FN5O2. The average Bonchev–Trinajstić information content (AvgIpc) is 3.45. The number of halogens is 1. The van der Waals surface area contributed by atoms with Crippen molar-refractivity contribution in [2.24, 2.45) is 0 Å². The number of para-hydroxylation sites is 1. The molecule has 0 bridgehead atoms. The molecule has 7 nitrogen and oxygen atoms in total. The minimum atomic E-state index is -0.344. The molecule has 1 aliphatic heterocycles. The number of carbonyl (C=O) groups is 1. The molecule has 1 saturated heterocycles. The molecule has 1 fully saturated rings. The summed E-state index contributed by atoms with van der Waals surface area (Å²) in [7, 11) is 1.66. The van der Waals surface area contributed by atoms with E-state index < -0.39 is 0 Å². The maximum Gasteiger partial charge on any atom is 0.291 e. The van der Waals surface area contributed by atoms with Crippen LogP contribution in [0.1, 0.15) is 40.9 Å². The molecule has 2 aromatic carbocycles. The Morgan fingerprint density at radius 3 is 2.58 bits per heavy atom. The molecule has 1 aliphatic rings. The first-order valence-corrected chi connectivity index (χ1v) is 10.4. The third kappa shape index (κ3) is 4.59. The van der Waals surface area contributed by atoms with Crippen LogP contribution < -0.4 is 10.1 Å². The summed E-state index contributed by atoms with van der Waals surface area (Å²) in [4.78, 5) is 19.5. The number of benzene rings is 2. The summed E-state index contributed by atoms with van der Waals surface area (Å²) in [6, 6.07) is 13.8. The molecule has 1 N–H and O–H groups in total. The van der Waals surface area contributed by atoms with Crippen molar-refractivity contribution >= 4 is 5.91 Å². The van der Waals surface area contributed by atoms with Crippen molar-refractivity contribution in [3.63, 3.8) is 0 Å². The van der Waals surface area contributed by atoms with Crippen LogP contribution in [-0.2, 0) is 0 Å². The summed E-state index contributed by atoms with van der Waals surface area (Å²) < 4.78 is 20.3. The van der Waals surface area contributed by atoms with E-state index in [1.807, 2.05) is 24.3 Å². The zero-order valence-electron chi connectivity index (χ0n) is 17.7. The van der Waals surface area contributed by atoms with Gasteiger partial charge in [-0.05, 0) is 63.2 Å². The van der Waals surface area contributed by atoms with Gasteiger partial charge in [-0.1, -0.05) is 18.2 Å². The number of carbonyl (C=O) groups excluding carboxylic acids is 1. The second-order valence-electron chi connectivity index (χ2n) is 7.58. The smallest absolute Gasteiger partial charge is 0.291 e. The van der Waals surface area contributed by atoms with Crippen LogP contribution in [0.25, 0.3) is 5.69 Å². The van der Waals surface area contributed by atoms with Crippen LogP contribution in [0.3, 0.4) is 0 Å². The number of ether oxygens (including phenoxy) is 1. The van der Waals surface area contributed by atoms with Crippen LogP contribution >= 0.6 is 0 Å². The Morgan fingerprint density at radius 1 is 1.16 bits per heavy atom. The van der Waals surface area contributed by atoms with Crippen molar-refractivity contribution in [1.29, 1.82) is 0 Å². The van der Waals surface area contributed by atoms with Crippen LogP contribution in [0.4, 0.5) is 4.39 Å². The van der Waals surface area contributed by atoms with Crippen molar-refractivity contribution in [3.05, 3.63) is 71.6 Å². The van der Waals surface area contributed by atoms with Crippen LogP contribution in [0.15, 0.2) is 48.5 Å². The van der Waals surface area contributed by atoms with Gasteiger partial charge in [0.25, 0.3) is 5.91 Å². The molecule has 1 aromatic heterocycles. The molecule has 1 unspecified atom stereocenters. The number of hydrogen-bond donors (Lipinski definition) is 1. The van der Waals surface area contributed by atoms with Gasteiger partial charge in [-0.25, -0.2) is 14.1 Å². The molecule has 2 heterocycles. The fraction of sp³-hybridized carbons (Fsp3) is 0.348. The first-order chi connectivity index (χ1) is 15.1. The number of nitrogens with one attached hydrogen (secondary N) is 1. The van der Waals surface area contributed by atoms with Crippen molar-refractivity contribution in [2.75, 3.05) is 26.7 Å². The van der Waals surface area contributed by atoms with Gasteiger partial charge in [0.15, 0.2) is 0 Å². The minimum absolute atomic E-state index is 0.00267. The average molecular weight is 423 g/mol. The zero-order valence-corrected chi connectivity index (χ0v) is 17.7. The van der Waals surface area contributed by atoms with Gasteiger partial charge < -0.3 is 10.1 Å². The normalized spacial score (nSPS) is 15.1. The number of nitrogens with zero attached hydrogens (tertiary/aromatic N) is 4. The lowest BCUT2D eigenvalue weighted by atomic mass is 10.0. The Balaban J connectivity index is 1.52. The molecule has 1 atom stereocenters. The number of methoxy groups -OCH3 is 1. The van der Waals surface area contributed by atoms with Gasteiger partial charge >= 0.3 is 0 Å². The van der Waals surface area contributed by atoms with Gasteiger partial charge in [0.05, 0.1) is 18.8 Å². The number of amides is 1. The van der Waals surface area contributed by atoms with Gasteiger partial charge in [-0.15, -0.1) is 5.10 Å². The Labute approximate surface area is 180 Å². The fourth-order valence-electron chi connectivity index (χ4n) is 4.01. The summed E-state index contributed by atoms with van der Waals surface area (Å²) in [6.07, 6.45) is 2.28. The van der Waals surface area contributed by atoms with Crippen molar-refractivity contribution in [2.45, 2.75) is 25.8 Å². The highest BCUT2D eigenvalue weighted by Gasteiger charge is 2.27. The first kappa shape index (κ1) is 21.0. The molecule has 0 saturated carbocycles. The maximum atomic E-state index is 13.2. The Kier molecular flexibility index (Phi) is 6.27. The second kappa shape index (κ2) is 9.26. The zero-order chi connectivity index (χ0) is 21.8. The Hall–Kier alpha value is -3.26. The predicted octanol–water partition coefficient (Wildman–Crippen LogP) is 3.29. The van der Waals surface area contributed by atoms with E-state index in [1.54, 1.807) is 26.2 Å². The molecule has 0 radical (unpaired) electrons. The van der Waals surface area contributed by atoms with Crippen molar-refractivity contribution in [1.82, 2.24) is 25.0 Å². The van der Waals surface area contributed by atoms with E-state index >= 15 is 0 Å². The van der Waals surface area contributed by atoms with E-state index in [9.17, 15) is 9.18 Å². The molecule has 4 rings (SSSR count). The topological polar surface area (TPSA) is 72.3 Å². The molecule has 0 spiro atoms. The highest BCUT2D eigenvalue weighted by atomic mass is 19.1. The highest BCUT2D eigenvalue weighted by Crippen LogP contribution is 2.31. The van der Waals surface area contributed by atoms with E-state index in [0.717, 1.165) is 37.2 Å². The summed E-state index contributed by atoms with van der Waals surface area (Å²) in [5.74, 6) is 0.773. The number of likely N-dealkylation sites (tertiary alicyclic amines) is 1. The predicted molar refractivity (Wildman–Crippen MR) is 115 cm³/mol. The van der Waals surface area contributed by atoms with Crippen LogP contribution in [0, 0.1) is 12.7 Å². The quantitative estimate of drug-likeness (QED) is 0.631. The minimum Gasteiger partial charge on any atom is -0.496 e. The summed E-state index contributed by atoms with van der Waals surface area (Å²) in [5.41, 5.74) is 1.70. The second-order valence-corrected chi connectivity index (χ2v) is 7.58. The van der Waals surface area contributed by atoms with E-state index in [4.69, 9.17) is 4.74 Å². The monoisotopic (exact) mass is 423 g/mol. The third-order valence-corrected chi connectivity index (χ3v) is 5.58. The third-order valence-electron chi connectivity index (χ3n) is 5.58. The molecule has 1 amide bonds. The molecular weight excluding hydrogens is 397 g/mol. The number of rotatable bonds is 7. The van der Waals surface area contributed by atoms with E-state index in [2.05, 4.69) is 20.3 Å². The lowest BCUT2D eigenvalue weighted by Gasteiger charge is -2.29. The van der Waals surface area contributed by atoms with Gasteiger partial charge in [-0.3, -0.25) is 9.69 Å². The number of aromatic nitrogens is 3. The molecule has 8 heteroatoms. The molecule has 31 heavy (non-hydrogen) atoms. The molecule has 162 valence electrons. The van der Waals surface area contributed by atoms with Crippen LogP contribution in [0.5, 0.6) is 5.75 Å². The standard InChI is InChI=1S/C23H26FN5O2/c1-16-26-22(27-29(16)18-11-9-17(24)10-12-18)23(30)25-15-20(28-13-5-6-14-28)19-7-3-4-8-21(19)31-2/h3-4,7-12,20H,5-6,13-15H2,1-2H3,(H,25,30). The van der Waals surface area contributed by atoms with Crippen molar-refractivity contribution in [3.8, 4) is 11.4 Å². The van der Waals surface area contributed by atoms with Gasteiger partial charge in [0, 0.05) is 12.1 Å². The van der Waals surface area contributed by atoms with Gasteiger partial charge in [0.2, 0.25) is 5.82 Å². The highest BCUT2D eigenvalue weighted by molar-refractivity contribution is 5.90.